The van der Waals surface area contributed by atoms with E-state index >= 15 is 0 Å². The van der Waals surface area contributed by atoms with Gasteiger partial charge < -0.3 is 19.5 Å². The highest BCUT2D eigenvalue weighted by molar-refractivity contribution is 5.76. The molecule has 1 N–H and O–H groups in total. The number of alkyl halides is 3. The predicted octanol–water partition coefficient (Wildman–Crippen LogP) is 5.60. The number of nitrogens with zero attached hydrogens (tertiary/aromatic N) is 2. The van der Waals surface area contributed by atoms with Crippen LogP contribution in [0.15, 0.2) is 36.4 Å². The number of aliphatic carboxylic acids is 1. The molecule has 12 heteroatoms. The summed E-state index contributed by atoms with van der Waals surface area (Å²) in [5.74, 6) is -1.92. The number of hydrogen-bond acceptors (Lipinski definition) is 5. The van der Waals surface area contributed by atoms with Crippen LogP contribution in [-0.2, 0) is 22.6 Å². The van der Waals surface area contributed by atoms with Crippen LogP contribution >= 0.6 is 0 Å². The van der Waals surface area contributed by atoms with Gasteiger partial charge in [-0.15, -0.1) is 0 Å². The summed E-state index contributed by atoms with van der Waals surface area (Å²) in [5, 5.41) is 7.12. The number of amides is 1. The van der Waals surface area contributed by atoms with Crippen LogP contribution in [0.3, 0.4) is 0 Å². The molecule has 0 bridgehead atoms. The fourth-order valence-electron chi connectivity index (χ4n) is 5.56. The second-order valence-corrected chi connectivity index (χ2v) is 10.2. The highest BCUT2D eigenvalue weighted by atomic mass is 19.4. The minimum atomic E-state index is -5.08. The number of hydrogen-bond donors (Lipinski definition) is 1. The molecule has 1 spiro atoms. The monoisotopic (exact) mass is 586 g/mol. The number of rotatable bonds is 7. The van der Waals surface area contributed by atoms with Gasteiger partial charge in [0.2, 0.25) is 5.91 Å². The second-order valence-electron chi connectivity index (χ2n) is 10.2. The standard InChI is InChI=1S/C27H34F2N2O3.C2HF3O2/c1-33-23-8-5-20(25(18-23)34-2)6-10-26(32)30-14-3-11-27(13-16-30)12-4-15-31(27)19-21-17-22(28)7-9-24(21)29;3-2(4,5)1(6)7/h5,7-9,17-18H,3-4,6,10-16,19H2,1-2H3;(H,6,7). The molecule has 0 radical (unpaired) electrons. The van der Waals surface area contributed by atoms with Crippen molar-refractivity contribution in [2.75, 3.05) is 33.9 Å². The number of aryl methyl sites for hydroxylation is 1. The summed E-state index contributed by atoms with van der Waals surface area (Å²) in [7, 11) is 3.24. The molecule has 41 heavy (non-hydrogen) atoms. The van der Waals surface area contributed by atoms with Gasteiger partial charge in [0.15, 0.2) is 0 Å². The molecule has 7 nitrogen and oxygen atoms in total. The van der Waals surface area contributed by atoms with E-state index in [2.05, 4.69) is 4.90 Å². The fraction of sp³-hybridized carbons (Fsp3) is 0.517. The van der Waals surface area contributed by atoms with Crippen LogP contribution in [0, 0.1) is 11.6 Å². The topological polar surface area (TPSA) is 79.3 Å². The van der Waals surface area contributed by atoms with Gasteiger partial charge in [-0.2, -0.15) is 13.2 Å². The number of carboxylic acid groups (broad SMARTS) is 1. The molecule has 0 aromatic heterocycles. The zero-order valence-corrected chi connectivity index (χ0v) is 23.1. The van der Waals surface area contributed by atoms with Crippen molar-refractivity contribution in [1.82, 2.24) is 9.80 Å². The third-order valence-electron chi connectivity index (χ3n) is 7.72. The molecule has 2 heterocycles. The average Bonchev–Trinajstić information content (AvgIpc) is 3.18. The third kappa shape index (κ3) is 8.54. The first-order valence-electron chi connectivity index (χ1n) is 13.4. The fourth-order valence-corrected chi connectivity index (χ4v) is 5.56. The quantitative estimate of drug-likeness (QED) is 0.426. The smallest absolute Gasteiger partial charge is 0.490 e. The van der Waals surface area contributed by atoms with Gasteiger partial charge in [-0.05, 0) is 74.9 Å². The Hall–Kier alpha value is -3.41. The predicted molar refractivity (Wildman–Crippen MR) is 141 cm³/mol. The first-order valence-corrected chi connectivity index (χ1v) is 13.4. The number of ether oxygens (including phenoxy) is 2. The molecular weight excluding hydrogens is 551 g/mol. The van der Waals surface area contributed by atoms with Crippen LogP contribution in [0.4, 0.5) is 22.0 Å². The van der Waals surface area contributed by atoms with Crippen molar-refractivity contribution in [3.05, 3.63) is 59.2 Å². The highest BCUT2D eigenvalue weighted by Gasteiger charge is 2.42. The molecule has 0 aliphatic carbocycles. The minimum absolute atomic E-state index is 0.0486. The minimum Gasteiger partial charge on any atom is -0.497 e. The lowest BCUT2D eigenvalue weighted by Gasteiger charge is -2.38. The molecular formula is C29H35F5N2O5. The lowest BCUT2D eigenvalue weighted by molar-refractivity contribution is -0.192. The molecule has 1 atom stereocenters. The van der Waals surface area contributed by atoms with Gasteiger partial charge in [0.25, 0.3) is 0 Å². The van der Waals surface area contributed by atoms with Crippen LogP contribution in [0.25, 0.3) is 0 Å². The summed E-state index contributed by atoms with van der Waals surface area (Å²) in [6, 6.07) is 9.35. The zero-order chi connectivity index (χ0) is 30.2. The Balaban J connectivity index is 0.000000587. The van der Waals surface area contributed by atoms with E-state index < -0.39 is 18.0 Å². The lowest BCUT2D eigenvalue weighted by atomic mass is 9.87. The van der Waals surface area contributed by atoms with Crippen molar-refractivity contribution >= 4 is 11.9 Å². The lowest BCUT2D eigenvalue weighted by Crippen LogP contribution is -2.44. The number of carboxylic acids is 1. The Morgan fingerprint density at radius 2 is 1.61 bits per heavy atom. The molecule has 2 aromatic rings. The number of likely N-dealkylation sites (tertiary alicyclic amines) is 2. The van der Waals surface area contributed by atoms with Gasteiger partial charge in [-0.3, -0.25) is 9.69 Å². The van der Waals surface area contributed by atoms with Gasteiger partial charge in [-0.25, -0.2) is 13.6 Å². The van der Waals surface area contributed by atoms with Gasteiger partial charge >= 0.3 is 12.1 Å². The van der Waals surface area contributed by atoms with E-state index in [-0.39, 0.29) is 17.3 Å². The third-order valence-corrected chi connectivity index (χ3v) is 7.72. The summed E-state index contributed by atoms with van der Waals surface area (Å²) in [6.45, 7) is 2.72. The van der Waals surface area contributed by atoms with Crippen LogP contribution in [0.1, 0.15) is 49.7 Å². The Morgan fingerprint density at radius 1 is 0.927 bits per heavy atom. The number of halogens is 5. The Morgan fingerprint density at radius 3 is 2.24 bits per heavy atom. The maximum Gasteiger partial charge on any atom is 0.490 e. The second kappa shape index (κ2) is 14.0. The van der Waals surface area contributed by atoms with Crippen molar-refractivity contribution < 1.29 is 46.1 Å². The summed E-state index contributed by atoms with van der Waals surface area (Å²) in [4.78, 5) is 26.3. The molecule has 1 amide bonds. The SMILES string of the molecule is COc1ccc(CCC(=O)N2CCCC3(CCCN3Cc3cc(F)ccc3F)CC2)c(OC)c1.O=C(O)C(F)(F)F. The Bertz CT molecular complexity index is 1210. The molecule has 2 saturated heterocycles. The molecule has 1 unspecified atom stereocenters. The first-order chi connectivity index (χ1) is 19.4. The number of carbonyl (C=O) groups is 2. The zero-order valence-electron chi connectivity index (χ0n) is 23.1. The highest BCUT2D eigenvalue weighted by Crippen LogP contribution is 2.40. The molecule has 226 valence electrons. The Labute approximate surface area is 235 Å². The summed E-state index contributed by atoms with van der Waals surface area (Å²) < 4.78 is 70.4. The van der Waals surface area contributed by atoms with Crippen LogP contribution in [-0.4, -0.2) is 72.4 Å². The molecule has 2 aliphatic heterocycles. The van der Waals surface area contributed by atoms with Gasteiger partial charge in [0, 0.05) is 43.2 Å². The van der Waals surface area contributed by atoms with Gasteiger partial charge in [0.1, 0.15) is 23.1 Å². The van der Waals surface area contributed by atoms with Crippen LogP contribution in [0.2, 0.25) is 0 Å². The summed E-state index contributed by atoms with van der Waals surface area (Å²) in [5.41, 5.74) is 1.35. The van der Waals surface area contributed by atoms with Crippen molar-refractivity contribution in [3.8, 4) is 11.5 Å². The maximum absolute atomic E-state index is 14.3. The molecule has 0 saturated carbocycles. The molecule has 4 rings (SSSR count). The number of methoxy groups -OCH3 is 2. The molecule has 2 aliphatic rings. The van der Waals surface area contributed by atoms with E-state index in [0.29, 0.717) is 31.5 Å². The average molecular weight is 587 g/mol. The maximum atomic E-state index is 14.3. The van der Waals surface area contributed by atoms with E-state index in [1.165, 1.54) is 12.1 Å². The molecule has 2 fully saturated rings. The van der Waals surface area contributed by atoms with Gasteiger partial charge in [-0.1, -0.05) is 6.07 Å². The van der Waals surface area contributed by atoms with Crippen molar-refractivity contribution in [2.24, 2.45) is 0 Å². The largest absolute Gasteiger partial charge is 0.497 e. The summed E-state index contributed by atoms with van der Waals surface area (Å²) in [6.07, 6.45) is 0.783. The number of carbonyl (C=O) groups excluding carboxylic acids is 1. The molecule has 2 aromatic carbocycles. The van der Waals surface area contributed by atoms with Crippen molar-refractivity contribution in [3.63, 3.8) is 0 Å². The number of benzene rings is 2. The van der Waals surface area contributed by atoms with Crippen LogP contribution in [0.5, 0.6) is 11.5 Å². The summed E-state index contributed by atoms with van der Waals surface area (Å²) >= 11 is 0. The van der Waals surface area contributed by atoms with E-state index in [9.17, 15) is 26.7 Å². The Kier molecular flexibility index (Phi) is 10.9. The van der Waals surface area contributed by atoms with E-state index in [1.54, 1.807) is 14.2 Å². The van der Waals surface area contributed by atoms with Crippen LogP contribution < -0.4 is 9.47 Å². The first kappa shape index (κ1) is 32.1. The van der Waals surface area contributed by atoms with Gasteiger partial charge in [0.05, 0.1) is 14.2 Å². The van der Waals surface area contributed by atoms with E-state index in [0.717, 1.165) is 68.3 Å². The van der Waals surface area contributed by atoms with E-state index in [4.69, 9.17) is 19.4 Å². The van der Waals surface area contributed by atoms with Crippen molar-refractivity contribution in [2.45, 2.75) is 63.2 Å². The normalized spacial score (nSPS) is 19.3. The van der Waals surface area contributed by atoms with Crippen molar-refractivity contribution in [1.29, 1.82) is 0 Å². The van der Waals surface area contributed by atoms with E-state index in [1.807, 2.05) is 23.1 Å².